The van der Waals surface area contributed by atoms with Crippen LogP contribution in [0.5, 0.6) is 0 Å². The Balaban J connectivity index is 1.50. The predicted octanol–water partition coefficient (Wildman–Crippen LogP) is 3.55. The molecule has 0 radical (unpaired) electrons. The van der Waals surface area contributed by atoms with Crippen LogP contribution in [0.15, 0.2) is 53.6 Å². The van der Waals surface area contributed by atoms with Crippen molar-refractivity contribution < 1.29 is 13.6 Å². The second-order valence-electron chi connectivity index (χ2n) is 6.28. The quantitative estimate of drug-likeness (QED) is 0.762. The average Bonchev–Trinajstić information content (AvgIpc) is 2.69. The number of carbonyl (C=O) groups excluding carboxylic acids is 1. The minimum Gasteiger partial charge on any atom is -0.354 e. The highest BCUT2D eigenvalue weighted by Gasteiger charge is 2.26. The number of amides is 1. The van der Waals surface area contributed by atoms with Crippen LogP contribution in [0.25, 0.3) is 0 Å². The zero-order valence-electron chi connectivity index (χ0n) is 15.0. The number of pyridine rings is 1. The Morgan fingerprint density at radius 3 is 2.41 bits per heavy atom. The number of thioether (sulfide) groups is 1. The zero-order chi connectivity index (χ0) is 19.2. The summed E-state index contributed by atoms with van der Waals surface area (Å²) in [7, 11) is 0. The molecule has 0 unspecified atom stereocenters. The molecule has 1 aromatic carbocycles. The van der Waals surface area contributed by atoms with Gasteiger partial charge in [0, 0.05) is 43.0 Å². The molecule has 1 atom stereocenters. The fraction of sp³-hybridized carbons (Fsp3) is 0.368. The van der Waals surface area contributed by atoms with Crippen LogP contribution in [0.4, 0.5) is 20.3 Å². The van der Waals surface area contributed by atoms with Crippen LogP contribution in [-0.4, -0.2) is 53.8 Å². The lowest BCUT2D eigenvalue weighted by atomic mass is 10.2. The molecular weight excluding hydrogens is 370 g/mol. The van der Waals surface area contributed by atoms with E-state index in [2.05, 4.69) is 20.1 Å². The second-order valence-corrected chi connectivity index (χ2v) is 7.34. The van der Waals surface area contributed by atoms with Gasteiger partial charge in [-0.15, -0.1) is 0 Å². The fourth-order valence-corrected chi connectivity index (χ4v) is 3.51. The molecule has 3 rings (SSSR count). The van der Waals surface area contributed by atoms with Gasteiger partial charge in [-0.3, -0.25) is 9.69 Å². The van der Waals surface area contributed by atoms with Crippen molar-refractivity contribution in [2.75, 3.05) is 36.4 Å². The normalized spacial score (nSPS) is 16.4. The molecule has 1 N–H and O–H groups in total. The summed E-state index contributed by atoms with van der Waals surface area (Å²) in [6, 6.07) is 12.0. The van der Waals surface area contributed by atoms with Crippen LogP contribution in [0.2, 0.25) is 0 Å². The van der Waals surface area contributed by atoms with E-state index in [1.165, 1.54) is 0 Å². The first-order valence-corrected chi connectivity index (χ1v) is 9.66. The summed E-state index contributed by atoms with van der Waals surface area (Å²) in [4.78, 5) is 21.7. The Labute approximate surface area is 161 Å². The van der Waals surface area contributed by atoms with E-state index in [1.54, 1.807) is 30.5 Å². The molecule has 0 spiro atoms. The lowest BCUT2D eigenvalue weighted by molar-refractivity contribution is -0.120. The highest BCUT2D eigenvalue weighted by molar-refractivity contribution is 7.99. The van der Waals surface area contributed by atoms with Gasteiger partial charge in [0.2, 0.25) is 5.91 Å². The largest absolute Gasteiger partial charge is 0.354 e. The van der Waals surface area contributed by atoms with Gasteiger partial charge in [-0.2, -0.15) is 8.78 Å². The van der Waals surface area contributed by atoms with Gasteiger partial charge in [-0.1, -0.05) is 17.8 Å². The van der Waals surface area contributed by atoms with E-state index in [1.807, 2.05) is 25.1 Å². The molecule has 8 heteroatoms. The van der Waals surface area contributed by atoms with Gasteiger partial charge in [0.15, 0.2) is 0 Å². The van der Waals surface area contributed by atoms with Crippen LogP contribution in [-0.2, 0) is 4.79 Å². The molecule has 5 nitrogen and oxygen atoms in total. The first-order valence-electron chi connectivity index (χ1n) is 8.78. The number of anilines is 2. The van der Waals surface area contributed by atoms with Gasteiger partial charge in [0.1, 0.15) is 5.82 Å². The Hall–Kier alpha value is -2.19. The van der Waals surface area contributed by atoms with Crippen LogP contribution >= 0.6 is 11.8 Å². The summed E-state index contributed by atoms with van der Waals surface area (Å²) in [5, 5.41) is 2.86. The highest BCUT2D eigenvalue weighted by atomic mass is 32.2. The molecule has 1 aliphatic heterocycles. The van der Waals surface area contributed by atoms with E-state index in [0.29, 0.717) is 22.3 Å². The molecule has 1 aromatic heterocycles. The van der Waals surface area contributed by atoms with Crippen LogP contribution < -0.4 is 10.2 Å². The van der Waals surface area contributed by atoms with Crippen molar-refractivity contribution in [3.8, 4) is 0 Å². The first kappa shape index (κ1) is 19.6. The van der Waals surface area contributed by atoms with E-state index in [9.17, 15) is 13.6 Å². The molecule has 1 aliphatic rings. The number of hydrogen-bond donors (Lipinski definition) is 1. The van der Waals surface area contributed by atoms with Gasteiger partial charge in [-0.25, -0.2) is 4.98 Å². The molecule has 2 heterocycles. The van der Waals surface area contributed by atoms with Crippen molar-refractivity contribution in [3.63, 3.8) is 0 Å². The number of aromatic nitrogens is 1. The summed E-state index contributed by atoms with van der Waals surface area (Å²) in [5.41, 5.74) is 0.609. The monoisotopic (exact) mass is 392 g/mol. The van der Waals surface area contributed by atoms with Gasteiger partial charge in [0.05, 0.1) is 6.04 Å². The number of benzene rings is 1. The lowest BCUT2D eigenvalue weighted by Gasteiger charge is -2.37. The molecule has 144 valence electrons. The van der Waals surface area contributed by atoms with Crippen molar-refractivity contribution in [1.82, 2.24) is 9.88 Å². The number of hydrogen-bond acceptors (Lipinski definition) is 5. The Kier molecular flexibility index (Phi) is 6.63. The van der Waals surface area contributed by atoms with Crippen molar-refractivity contribution in [3.05, 3.63) is 48.7 Å². The Bertz CT molecular complexity index is 737. The number of piperazine rings is 1. The summed E-state index contributed by atoms with van der Waals surface area (Å²) in [5.74, 6) is -1.60. The van der Waals surface area contributed by atoms with E-state index in [-0.39, 0.29) is 11.9 Å². The molecule has 1 saturated heterocycles. The molecule has 2 aromatic rings. The van der Waals surface area contributed by atoms with Gasteiger partial charge >= 0.3 is 0 Å². The highest BCUT2D eigenvalue weighted by Crippen LogP contribution is 2.26. The lowest BCUT2D eigenvalue weighted by Crippen LogP contribution is -2.53. The second kappa shape index (κ2) is 9.14. The first-order chi connectivity index (χ1) is 13.0. The van der Waals surface area contributed by atoms with E-state index < -0.39 is 5.76 Å². The topological polar surface area (TPSA) is 48.5 Å². The van der Waals surface area contributed by atoms with E-state index in [0.717, 1.165) is 32.0 Å². The third-order valence-electron chi connectivity index (χ3n) is 4.56. The third kappa shape index (κ3) is 5.40. The maximum Gasteiger partial charge on any atom is 0.288 e. The maximum absolute atomic E-state index is 12.5. The standard InChI is InChI=1S/C19H22F2N4OS/c1-14(18(26)23-15-5-7-16(8-6-15)27-19(20)21)24-10-12-25(13-11-24)17-4-2-3-9-22-17/h2-9,14,19H,10-13H2,1H3,(H,23,26)/t14-/m1/s1. The molecule has 0 bridgehead atoms. The minimum absolute atomic E-state index is 0.101. The van der Waals surface area contributed by atoms with Crippen molar-refractivity contribution in [2.45, 2.75) is 23.6 Å². The SMILES string of the molecule is C[C@H](C(=O)Nc1ccc(SC(F)F)cc1)N1CCN(c2ccccn2)CC1. The Morgan fingerprint density at radius 1 is 1.11 bits per heavy atom. The molecule has 0 saturated carbocycles. The zero-order valence-corrected chi connectivity index (χ0v) is 15.8. The van der Waals surface area contributed by atoms with Crippen LogP contribution in [0.3, 0.4) is 0 Å². The predicted molar refractivity (Wildman–Crippen MR) is 104 cm³/mol. The summed E-state index contributed by atoms with van der Waals surface area (Å²) in [6.45, 7) is 5.05. The minimum atomic E-state index is -2.45. The number of nitrogens with zero attached hydrogens (tertiary/aromatic N) is 3. The number of carbonyl (C=O) groups is 1. The summed E-state index contributed by atoms with van der Waals surface area (Å²) < 4.78 is 24.7. The molecule has 27 heavy (non-hydrogen) atoms. The van der Waals surface area contributed by atoms with Gasteiger partial charge < -0.3 is 10.2 Å². The van der Waals surface area contributed by atoms with E-state index >= 15 is 0 Å². The molecular formula is C19H22F2N4OS. The Morgan fingerprint density at radius 2 is 1.81 bits per heavy atom. The van der Waals surface area contributed by atoms with E-state index in [4.69, 9.17) is 0 Å². The third-order valence-corrected chi connectivity index (χ3v) is 5.28. The van der Waals surface area contributed by atoms with Crippen LogP contribution in [0, 0.1) is 0 Å². The fourth-order valence-electron chi connectivity index (χ4n) is 3.01. The van der Waals surface area contributed by atoms with Crippen molar-refractivity contribution in [1.29, 1.82) is 0 Å². The van der Waals surface area contributed by atoms with Gasteiger partial charge in [0.25, 0.3) is 5.76 Å². The van der Waals surface area contributed by atoms with Crippen molar-refractivity contribution >= 4 is 29.2 Å². The van der Waals surface area contributed by atoms with Gasteiger partial charge in [-0.05, 0) is 43.3 Å². The molecule has 0 aliphatic carbocycles. The van der Waals surface area contributed by atoms with Crippen molar-refractivity contribution in [2.24, 2.45) is 0 Å². The number of halogens is 2. The summed E-state index contributed by atoms with van der Waals surface area (Å²) >= 11 is 0.489. The van der Waals surface area contributed by atoms with Crippen LogP contribution in [0.1, 0.15) is 6.92 Å². The number of rotatable bonds is 6. The maximum atomic E-state index is 12.5. The average molecular weight is 392 g/mol. The smallest absolute Gasteiger partial charge is 0.288 e. The molecule has 1 fully saturated rings. The molecule has 1 amide bonds. The summed E-state index contributed by atoms with van der Waals surface area (Å²) in [6.07, 6.45) is 1.78. The number of alkyl halides is 2. The number of nitrogens with one attached hydrogen (secondary N) is 1.